The molecule has 2 aliphatic rings. The number of fused-ring (bicyclic) bond motifs is 1. The molecule has 0 unspecified atom stereocenters. The van der Waals surface area contributed by atoms with E-state index in [9.17, 15) is 4.79 Å². The first-order valence-corrected chi connectivity index (χ1v) is 8.41. The van der Waals surface area contributed by atoms with Gasteiger partial charge in [0.05, 0.1) is 17.4 Å². The molecule has 1 saturated heterocycles. The molecule has 1 aliphatic carbocycles. The van der Waals surface area contributed by atoms with Crippen LogP contribution in [-0.4, -0.2) is 33.4 Å². The molecule has 2 aromatic rings. The van der Waals surface area contributed by atoms with E-state index in [1.54, 1.807) is 0 Å². The molecule has 4 nitrogen and oxygen atoms in total. The predicted octanol–water partition coefficient (Wildman–Crippen LogP) is 2.93. The van der Waals surface area contributed by atoms with E-state index in [1.807, 2.05) is 12.4 Å². The number of carbonyl (C=O) groups excluding carboxylic acids is 1. The van der Waals surface area contributed by atoms with Crippen LogP contribution in [0.5, 0.6) is 0 Å². The highest BCUT2D eigenvalue weighted by molar-refractivity contribution is 5.81. The van der Waals surface area contributed by atoms with Gasteiger partial charge in [-0.05, 0) is 43.2 Å². The summed E-state index contributed by atoms with van der Waals surface area (Å²) in [7, 11) is 0. The summed E-state index contributed by atoms with van der Waals surface area (Å²) in [6.07, 6.45) is 5.36. The molecule has 0 spiro atoms. The molecule has 1 aromatic carbocycles. The van der Waals surface area contributed by atoms with Crippen LogP contribution in [0.4, 0.5) is 0 Å². The zero-order valence-corrected chi connectivity index (χ0v) is 13.1. The third kappa shape index (κ3) is 2.51. The number of hydrogen-bond donors (Lipinski definition) is 0. The maximum Gasteiger partial charge on any atom is 0.225 e. The Morgan fingerprint density at radius 3 is 3.00 bits per heavy atom. The van der Waals surface area contributed by atoms with E-state index in [0.29, 0.717) is 23.7 Å². The van der Waals surface area contributed by atoms with Gasteiger partial charge in [0, 0.05) is 25.6 Å². The fourth-order valence-electron chi connectivity index (χ4n) is 3.75. The maximum absolute atomic E-state index is 12.4. The molecule has 2 heterocycles. The first kappa shape index (κ1) is 13.8. The Kier molecular flexibility index (Phi) is 3.40. The van der Waals surface area contributed by atoms with Gasteiger partial charge in [-0.15, -0.1) is 0 Å². The van der Waals surface area contributed by atoms with E-state index >= 15 is 0 Å². The van der Waals surface area contributed by atoms with E-state index < -0.39 is 0 Å². The van der Waals surface area contributed by atoms with Gasteiger partial charge in [0.25, 0.3) is 0 Å². The smallest absolute Gasteiger partial charge is 0.225 e. The zero-order chi connectivity index (χ0) is 15.1. The van der Waals surface area contributed by atoms with Gasteiger partial charge in [0.15, 0.2) is 0 Å². The van der Waals surface area contributed by atoms with Crippen LogP contribution in [0, 0.1) is 17.8 Å². The van der Waals surface area contributed by atoms with Gasteiger partial charge < -0.3 is 9.47 Å². The van der Waals surface area contributed by atoms with Crippen LogP contribution < -0.4 is 0 Å². The molecule has 3 atom stereocenters. The van der Waals surface area contributed by atoms with Crippen molar-refractivity contribution in [3.8, 4) is 0 Å². The second-order valence-corrected chi connectivity index (χ2v) is 7.00. The number of hydrogen-bond acceptors (Lipinski definition) is 2. The summed E-state index contributed by atoms with van der Waals surface area (Å²) < 4.78 is 2.24. The van der Waals surface area contributed by atoms with Crippen LogP contribution in [0.3, 0.4) is 0 Å². The van der Waals surface area contributed by atoms with E-state index in [1.165, 1.54) is 11.9 Å². The lowest BCUT2D eigenvalue weighted by atomic mass is 9.97. The zero-order valence-electron chi connectivity index (χ0n) is 13.1. The van der Waals surface area contributed by atoms with Gasteiger partial charge >= 0.3 is 0 Å². The highest BCUT2D eigenvalue weighted by atomic mass is 16.2. The van der Waals surface area contributed by atoms with Crippen LogP contribution in [0.15, 0.2) is 30.6 Å². The molecule has 0 N–H and O–H groups in total. The molecule has 116 valence electrons. The molecule has 0 radical (unpaired) electrons. The fourth-order valence-corrected chi connectivity index (χ4v) is 3.75. The number of imidazole rings is 1. The first-order chi connectivity index (χ1) is 10.7. The Balaban J connectivity index is 1.45. The third-order valence-corrected chi connectivity index (χ3v) is 5.24. The lowest BCUT2D eigenvalue weighted by molar-refractivity contribution is -0.134. The summed E-state index contributed by atoms with van der Waals surface area (Å²) in [4.78, 5) is 19.0. The lowest BCUT2D eigenvalue weighted by Crippen LogP contribution is -2.42. The van der Waals surface area contributed by atoms with E-state index in [4.69, 9.17) is 0 Å². The molecule has 22 heavy (non-hydrogen) atoms. The molecule has 1 aromatic heterocycles. The van der Waals surface area contributed by atoms with E-state index in [0.717, 1.165) is 38.0 Å². The molecule has 4 heteroatoms. The molecule has 2 fully saturated rings. The quantitative estimate of drug-likeness (QED) is 0.873. The average molecular weight is 297 g/mol. The van der Waals surface area contributed by atoms with Crippen molar-refractivity contribution in [2.75, 3.05) is 13.1 Å². The summed E-state index contributed by atoms with van der Waals surface area (Å²) in [6.45, 7) is 5.00. The monoisotopic (exact) mass is 297 g/mol. The van der Waals surface area contributed by atoms with Crippen molar-refractivity contribution in [1.29, 1.82) is 0 Å². The topological polar surface area (TPSA) is 38.1 Å². The molecule has 1 aliphatic heterocycles. The van der Waals surface area contributed by atoms with Crippen LogP contribution >= 0.6 is 0 Å². The normalized spacial score (nSPS) is 28.0. The summed E-state index contributed by atoms with van der Waals surface area (Å²) >= 11 is 0. The largest absolute Gasteiger partial charge is 0.342 e. The van der Waals surface area contributed by atoms with Gasteiger partial charge in [-0.25, -0.2) is 4.98 Å². The number of rotatable bonds is 3. The number of carbonyl (C=O) groups is 1. The van der Waals surface area contributed by atoms with Crippen molar-refractivity contribution < 1.29 is 4.79 Å². The Labute approximate surface area is 131 Å². The number of likely N-dealkylation sites (tertiary alicyclic amines) is 1. The minimum absolute atomic E-state index is 0.313. The van der Waals surface area contributed by atoms with Crippen molar-refractivity contribution in [2.45, 2.75) is 32.7 Å². The van der Waals surface area contributed by atoms with Gasteiger partial charge in [-0.3, -0.25) is 4.79 Å². The average Bonchev–Trinajstić information content (AvgIpc) is 3.14. The number of aromatic nitrogens is 2. The van der Waals surface area contributed by atoms with Gasteiger partial charge in [-0.1, -0.05) is 19.1 Å². The lowest BCUT2D eigenvalue weighted by Gasteiger charge is -2.33. The van der Waals surface area contributed by atoms with Crippen LogP contribution in [0.2, 0.25) is 0 Å². The molecule has 1 saturated carbocycles. The van der Waals surface area contributed by atoms with Gasteiger partial charge in [0.2, 0.25) is 5.91 Å². The molecular formula is C18H23N3O. The predicted molar refractivity (Wildman–Crippen MR) is 86.3 cm³/mol. The van der Waals surface area contributed by atoms with Gasteiger partial charge in [-0.2, -0.15) is 0 Å². The third-order valence-electron chi connectivity index (χ3n) is 5.24. The van der Waals surface area contributed by atoms with Crippen molar-refractivity contribution in [1.82, 2.24) is 14.5 Å². The summed E-state index contributed by atoms with van der Waals surface area (Å²) in [5.74, 6) is 1.86. The molecular weight excluding hydrogens is 274 g/mol. The highest BCUT2D eigenvalue weighted by Gasteiger charge is 2.42. The standard InChI is InChI=1S/C18H23N3O/c1-13-9-15(13)18(22)20-8-4-5-14(10-20)11-21-12-19-16-6-2-3-7-17(16)21/h2-3,6-7,12-15H,4-5,8-11H2,1H3/t13-,14+,15-/m1/s1. The fraction of sp³-hybridized carbons (Fsp3) is 0.556. The SMILES string of the molecule is C[C@@H]1C[C@H]1C(=O)N1CCC[C@H](Cn2cnc3ccccc32)C1. The van der Waals surface area contributed by atoms with Crippen LogP contribution in [0.1, 0.15) is 26.2 Å². The molecule has 0 bridgehead atoms. The number of amides is 1. The molecule has 1 amide bonds. The second kappa shape index (κ2) is 5.41. The number of piperidine rings is 1. The summed E-state index contributed by atoms with van der Waals surface area (Å²) in [6, 6.07) is 8.26. The summed E-state index contributed by atoms with van der Waals surface area (Å²) in [5, 5.41) is 0. The maximum atomic E-state index is 12.4. The summed E-state index contributed by atoms with van der Waals surface area (Å²) in [5.41, 5.74) is 2.25. The number of nitrogens with zero attached hydrogens (tertiary/aromatic N) is 3. The Morgan fingerprint density at radius 2 is 2.18 bits per heavy atom. The van der Waals surface area contributed by atoms with E-state index in [2.05, 4.69) is 39.6 Å². The highest BCUT2D eigenvalue weighted by Crippen LogP contribution is 2.40. The van der Waals surface area contributed by atoms with Crippen LogP contribution in [-0.2, 0) is 11.3 Å². The minimum atomic E-state index is 0.313. The van der Waals surface area contributed by atoms with E-state index in [-0.39, 0.29) is 0 Å². The number of benzene rings is 1. The second-order valence-electron chi connectivity index (χ2n) is 7.00. The van der Waals surface area contributed by atoms with Crippen molar-refractivity contribution >= 4 is 16.9 Å². The molecule has 4 rings (SSSR count). The first-order valence-electron chi connectivity index (χ1n) is 8.41. The van der Waals surface area contributed by atoms with Crippen molar-refractivity contribution in [3.63, 3.8) is 0 Å². The van der Waals surface area contributed by atoms with Crippen molar-refractivity contribution in [3.05, 3.63) is 30.6 Å². The Hall–Kier alpha value is -1.84. The Bertz CT molecular complexity index is 692. The number of para-hydroxylation sites is 2. The Morgan fingerprint density at radius 1 is 1.36 bits per heavy atom. The minimum Gasteiger partial charge on any atom is -0.342 e. The van der Waals surface area contributed by atoms with Gasteiger partial charge in [0.1, 0.15) is 0 Å². The van der Waals surface area contributed by atoms with Crippen LogP contribution in [0.25, 0.3) is 11.0 Å². The van der Waals surface area contributed by atoms with Crippen molar-refractivity contribution in [2.24, 2.45) is 17.8 Å².